The number of ether oxygens (including phenoxy) is 1. The number of hydrogen-bond donors (Lipinski definition) is 0. The molecule has 7 heteroatoms. The molecule has 1 saturated carbocycles. The van der Waals surface area contributed by atoms with Gasteiger partial charge in [-0.15, -0.1) is 13.2 Å². The molecule has 0 radical (unpaired) electrons. The maximum atomic E-state index is 14.9. The molecule has 0 amide bonds. The van der Waals surface area contributed by atoms with Crippen LogP contribution in [0.5, 0.6) is 5.75 Å². The minimum Gasteiger partial charge on any atom is -0.403 e. The van der Waals surface area contributed by atoms with E-state index in [-0.39, 0.29) is 16.9 Å². The van der Waals surface area contributed by atoms with Crippen LogP contribution >= 0.6 is 0 Å². The van der Waals surface area contributed by atoms with E-state index in [9.17, 15) is 26.3 Å². The SMILES string of the molecule is CCC[C@H]1CC[C@H](c2c(F)cc(CCc3ccc4c(F)c(OC(F)(F)F)ccc4c3)cc2F)CC1. The molecule has 3 aromatic carbocycles. The molecule has 0 N–H and O–H groups in total. The number of rotatable bonds is 7. The van der Waals surface area contributed by atoms with Crippen molar-refractivity contribution in [1.82, 2.24) is 0 Å². The molecule has 1 aliphatic rings. The predicted octanol–water partition coefficient (Wildman–Crippen LogP) is 9.01. The van der Waals surface area contributed by atoms with Gasteiger partial charge in [-0.05, 0) is 85.1 Å². The van der Waals surface area contributed by atoms with Gasteiger partial charge in [0.05, 0.1) is 0 Å². The first-order valence-electron chi connectivity index (χ1n) is 12.1. The highest BCUT2D eigenvalue weighted by molar-refractivity contribution is 5.85. The minimum atomic E-state index is -4.98. The van der Waals surface area contributed by atoms with Crippen molar-refractivity contribution in [3.63, 3.8) is 0 Å². The fourth-order valence-electron chi connectivity index (χ4n) is 5.29. The predicted molar refractivity (Wildman–Crippen MR) is 124 cm³/mol. The second-order valence-corrected chi connectivity index (χ2v) is 9.46. The monoisotopic (exact) mass is 494 g/mol. The number of aryl methyl sites for hydroxylation is 2. The molecule has 0 unspecified atom stereocenters. The number of benzene rings is 3. The molecule has 35 heavy (non-hydrogen) atoms. The molecule has 3 aromatic rings. The summed E-state index contributed by atoms with van der Waals surface area (Å²) in [4.78, 5) is 0. The summed E-state index contributed by atoms with van der Waals surface area (Å²) in [6.45, 7) is 2.16. The largest absolute Gasteiger partial charge is 0.573 e. The molecule has 0 spiro atoms. The van der Waals surface area contributed by atoms with Gasteiger partial charge in [-0.2, -0.15) is 0 Å². The van der Waals surface area contributed by atoms with Crippen LogP contribution in [0.15, 0.2) is 42.5 Å². The number of halogens is 6. The zero-order chi connectivity index (χ0) is 25.2. The van der Waals surface area contributed by atoms with Crippen LogP contribution < -0.4 is 4.74 Å². The summed E-state index contributed by atoms with van der Waals surface area (Å²) in [6, 6.07) is 9.74. The molecule has 0 heterocycles. The van der Waals surface area contributed by atoms with Crippen molar-refractivity contribution >= 4 is 10.8 Å². The van der Waals surface area contributed by atoms with E-state index in [2.05, 4.69) is 11.7 Å². The minimum absolute atomic E-state index is 0.00518. The highest BCUT2D eigenvalue weighted by atomic mass is 19.4. The van der Waals surface area contributed by atoms with E-state index in [1.165, 1.54) is 30.7 Å². The third kappa shape index (κ3) is 6.11. The van der Waals surface area contributed by atoms with Crippen LogP contribution in [-0.2, 0) is 12.8 Å². The van der Waals surface area contributed by atoms with E-state index in [0.29, 0.717) is 29.7 Å². The Morgan fingerprint density at radius 3 is 2.11 bits per heavy atom. The zero-order valence-corrected chi connectivity index (χ0v) is 19.5. The topological polar surface area (TPSA) is 9.23 Å². The van der Waals surface area contributed by atoms with Gasteiger partial charge in [0.1, 0.15) is 11.6 Å². The third-order valence-electron chi connectivity index (χ3n) is 7.00. The molecule has 0 aliphatic heterocycles. The Balaban J connectivity index is 1.44. The number of alkyl halides is 3. The third-order valence-corrected chi connectivity index (χ3v) is 7.00. The molecular formula is C28H28F6O. The fourth-order valence-corrected chi connectivity index (χ4v) is 5.29. The lowest BCUT2D eigenvalue weighted by molar-refractivity contribution is -0.275. The number of fused-ring (bicyclic) bond motifs is 1. The Morgan fingerprint density at radius 1 is 0.829 bits per heavy atom. The summed E-state index contributed by atoms with van der Waals surface area (Å²) in [5, 5.41) is 0.423. The van der Waals surface area contributed by atoms with Crippen LogP contribution in [0, 0.1) is 23.4 Å². The van der Waals surface area contributed by atoms with E-state index in [1.54, 1.807) is 12.1 Å². The summed E-state index contributed by atoms with van der Waals surface area (Å²) >= 11 is 0. The normalized spacial score (nSPS) is 18.7. The van der Waals surface area contributed by atoms with Gasteiger partial charge in [-0.1, -0.05) is 44.0 Å². The van der Waals surface area contributed by atoms with Crippen molar-refractivity contribution in [3.8, 4) is 5.75 Å². The molecule has 4 rings (SSSR count). The average Bonchev–Trinajstić information content (AvgIpc) is 2.80. The Bertz CT molecular complexity index is 1160. The Kier molecular flexibility index (Phi) is 7.62. The van der Waals surface area contributed by atoms with E-state index in [0.717, 1.165) is 43.7 Å². The van der Waals surface area contributed by atoms with Crippen LogP contribution in [0.4, 0.5) is 26.3 Å². The van der Waals surface area contributed by atoms with E-state index >= 15 is 0 Å². The van der Waals surface area contributed by atoms with Gasteiger partial charge in [0.15, 0.2) is 11.6 Å². The molecule has 0 saturated heterocycles. The molecule has 0 bridgehead atoms. The van der Waals surface area contributed by atoms with Crippen LogP contribution in [-0.4, -0.2) is 6.36 Å². The molecule has 188 valence electrons. The van der Waals surface area contributed by atoms with Crippen LogP contribution in [0.3, 0.4) is 0 Å². The average molecular weight is 495 g/mol. The van der Waals surface area contributed by atoms with Gasteiger partial charge in [-0.25, -0.2) is 13.2 Å². The molecule has 0 aromatic heterocycles. The standard InChI is InChI=1S/C28H28F6O/c1-2-3-17-6-9-20(10-7-17)26-23(29)15-19(16-24(26)30)5-4-18-8-12-22-21(14-18)11-13-25(27(22)31)35-28(32,33)34/h8,11-17,20H,2-7,9-10H2,1H3/t17-,20-. The van der Waals surface area contributed by atoms with Gasteiger partial charge in [0, 0.05) is 10.9 Å². The fraction of sp³-hybridized carbons (Fsp3) is 0.429. The maximum Gasteiger partial charge on any atom is 0.573 e. The van der Waals surface area contributed by atoms with Gasteiger partial charge >= 0.3 is 6.36 Å². The van der Waals surface area contributed by atoms with Crippen LogP contribution in [0.25, 0.3) is 10.8 Å². The van der Waals surface area contributed by atoms with Crippen molar-refractivity contribution in [2.24, 2.45) is 5.92 Å². The lowest BCUT2D eigenvalue weighted by Crippen LogP contribution is -2.18. The Morgan fingerprint density at radius 2 is 1.49 bits per heavy atom. The lowest BCUT2D eigenvalue weighted by Gasteiger charge is -2.29. The second kappa shape index (κ2) is 10.5. The Hall–Kier alpha value is -2.70. The van der Waals surface area contributed by atoms with Gasteiger partial charge in [0.2, 0.25) is 0 Å². The molecule has 0 atom stereocenters. The molecular weight excluding hydrogens is 466 g/mol. The quantitative estimate of drug-likeness (QED) is 0.298. The van der Waals surface area contributed by atoms with Gasteiger partial charge < -0.3 is 4.74 Å². The summed E-state index contributed by atoms with van der Waals surface area (Å²) in [5.74, 6) is -2.41. The van der Waals surface area contributed by atoms with Crippen molar-refractivity contribution < 1.29 is 31.1 Å². The van der Waals surface area contributed by atoms with E-state index in [1.807, 2.05) is 0 Å². The highest BCUT2D eigenvalue weighted by Crippen LogP contribution is 2.40. The smallest absolute Gasteiger partial charge is 0.403 e. The Labute approximate surface area is 201 Å². The van der Waals surface area contributed by atoms with E-state index < -0.39 is 29.6 Å². The first-order chi connectivity index (χ1) is 16.6. The van der Waals surface area contributed by atoms with Gasteiger partial charge in [-0.3, -0.25) is 0 Å². The second-order valence-electron chi connectivity index (χ2n) is 9.46. The van der Waals surface area contributed by atoms with E-state index in [4.69, 9.17) is 0 Å². The zero-order valence-electron chi connectivity index (χ0n) is 19.5. The van der Waals surface area contributed by atoms with Crippen molar-refractivity contribution in [2.45, 2.75) is 70.6 Å². The first-order valence-corrected chi connectivity index (χ1v) is 12.1. The van der Waals surface area contributed by atoms with Gasteiger partial charge in [0.25, 0.3) is 0 Å². The highest BCUT2D eigenvalue weighted by Gasteiger charge is 2.32. The summed E-state index contributed by atoms with van der Waals surface area (Å²) < 4.78 is 85.2. The summed E-state index contributed by atoms with van der Waals surface area (Å²) in [7, 11) is 0. The lowest BCUT2D eigenvalue weighted by atomic mass is 9.77. The summed E-state index contributed by atoms with van der Waals surface area (Å²) in [6.07, 6.45) is 1.76. The van der Waals surface area contributed by atoms with Crippen molar-refractivity contribution in [1.29, 1.82) is 0 Å². The number of hydrogen-bond acceptors (Lipinski definition) is 1. The van der Waals surface area contributed by atoms with Crippen molar-refractivity contribution in [3.05, 3.63) is 76.6 Å². The summed E-state index contributed by atoms with van der Waals surface area (Å²) in [5.41, 5.74) is 1.51. The van der Waals surface area contributed by atoms with Crippen molar-refractivity contribution in [2.75, 3.05) is 0 Å². The molecule has 1 nitrogen and oxygen atoms in total. The van der Waals surface area contributed by atoms with Crippen LogP contribution in [0.2, 0.25) is 0 Å². The molecule has 1 fully saturated rings. The molecule has 1 aliphatic carbocycles. The first kappa shape index (κ1) is 25.4. The maximum absolute atomic E-state index is 14.9. The van der Waals surface area contributed by atoms with Crippen LogP contribution in [0.1, 0.15) is 68.1 Å².